The van der Waals surface area contributed by atoms with Crippen LogP contribution in [-0.4, -0.2) is 19.4 Å². The highest BCUT2D eigenvalue weighted by Crippen LogP contribution is 2.32. The van der Waals surface area contributed by atoms with E-state index in [1.165, 1.54) is 6.07 Å². The number of fused-ring (bicyclic) bond motifs is 2. The van der Waals surface area contributed by atoms with Crippen LogP contribution in [0.4, 0.5) is 4.39 Å². The van der Waals surface area contributed by atoms with Crippen LogP contribution >= 0.6 is 0 Å². The Kier molecular flexibility index (Phi) is 3.39. The van der Waals surface area contributed by atoms with Crippen LogP contribution in [-0.2, 0) is 0 Å². The van der Waals surface area contributed by atoms with E-state index in [2.05, 4.69) is 15.0 Å². The first-order chi connectivity index (χ1) is 13.2. The van der Waals surface area contributed by atoms with Gasteiger partial charge in [-0.25, -0.2) is 14.4 Å². The van der Waals surface area contributed by atoms with Gasteiger partial charge in [0.15, 0.2) is 5.65 Å². The molecule has 5 aromatic rings. The second-order valence-electron chi connectivity index (χ2n) is 6.04. The van der Waals surface area contributed by atoms with Crippen molar-refractivity contribution >= 4 is 16.6 Å². The molecule has 5 rings (SSSR count). The Hall–Kier alpha value is -3.74. The number of imidazole rings is 1. The van der Waals surface area contributed by atoms with Gasteiger partial charge in [-0.1, -0.05) is 0 Å². The summed E-state index contributed by atoms with van der Waals surface area (Å²) in [6, 6.07) is 8.22. The fraction of sp³-hybridized carbons (Fsp3) is 0.0500. The number of benzene rings is 1. The fourth-order valence-corrected chi connectivity index (χ4v) is 3.13. The fourth-order valence-electron chi connectivity index (χ4n) is 3.13. The van der Waals surface area contributed by atoms with Gasteiger partial charge >= 0.3 is 0 Å². The molecule has 1 aromatic carbocycles. The molecule has 0 aliphatic heterocycles. The van der Waals surface area contributed by atoms with Crippen molar-refractivity contribution in [1.29, 1.82) is 0 Å². The number of hydrogen-bond acceptors (Lipinski definition) is 5. The van der Waals surface area contributed by atoms with E-state index in [0.717, 1.165) is 5.39 Å². The summed E-state index contributed by atoms with van der Waals surface area (Å²) in [5, 5.41) is 0.727. The van der Waals surface area contributed by atoms with Gasteiger partial charge in [-0.3, -0.25) is 9.38 Å². The summed E-state index contributed by atoms with van der Waals surface area (Å²) in [4.78, 5) is 12.7. The van der Waals surface area contributed by atoms with Gasteiger partial charge in [-0.2, -0.15) is 0 Å². The Labute approximate surface area is 152 Å². The van der Waals surface area contributed by atoms with Crippen LogP contribution in [0, 0.1) is 12.7 Å². The Bertz CT molecular complexity index is 1290. The number of aryl methyl sites for hydroxylation is 1. The summed E-state index contributed by atoms with van der Waals surface area (Å²) in [6.07, 6.45) is 8.25. The molecule has 0 spiro atoms. The quantitative estimate of drug-likeness (QED) is 0.463. The van der Waals surface area contributed by atoms with Crippen molar-refractivity contribution in [3.05, 3.63) is 72.9 Å². The van der Waals surface area contributed by atoms with Gasteiger partial charge < -0.3 is 9.15 Å². The number of ether oxygens (including phenoxy) is 1. The van der Waals surface area contributed by atoms with E-state index in [9.17, 15) is 4.39 Å². The van der Waals surface area contributed by atoms with Gasteiger partial charge in [0.2, 0.25) is 5.88 Å². The molecule has 6 nitrogen and oxygen atoms in total. The largest absolute Gasteiger partial charge is 0.464 e. The minimum absolute atomic E-state index is 0.348. The highest BCUT2D eigenvalue weighted by Gasteiger charge is 2.15. The molecule has 0 atom stereocenters. The van der Waals surface area contributed by atoms with E-state index >= 15 is 0 Å². The second-order valence-corrected chi connectivity index (χ2v) is 6.04. The van der Waals surface area contributed by atoms with E-state index in [1.54, 1.807) is 55.3 Å². The van der Waals surface area contributed by atoms with Crippen LogP contribution in [0.3, 0.4) is 0 Å². The molecule has 0 bridgehead atoms. The molecule has 0 unspecified atom stereocenters. The van der Waals surface area contributed by atoms with Crippen LogP contribution in [0.5, 0.6) is 11.6 Å². The van der Waals surface area contributed by atoms with Crippen molar-refractivity contribution < 1.29 is 13.5 Å². The second kappa shape index (κ2) is 5.91. The Morgan fingerprint density at radius 3 is 2.89 bits per heavy atom. The van der Waals surface area contributed by atoms with Gasteiger partial charge in [0, 0.05) is 30.2 Å². The van der Waals surface area contributed by atoms with Gasteiger partial charge in [0.25, 0.3) is 0 Å². The van der Waals surface area contributed by atoms with E-state index in [0.29, 0.717) is 39.8 Å². The van der Waals surface area contributed by atoms with Crippen molar-refractivity contribution in [3.63, 3.8) is 0 Å². The number of halogens is 1. The molecule has 132 valence electrons. The summed E-state index contributed by atoms with van der Waals surface area (Å²) in [7, 11) is 0. The van der Waals surface area contributed by atoms with E-state index in [4.69, 9.17) is 9.15 Å². The van der Waals surface area contributed by atoms with Crippen LogP contribution in [0.15, 0.2) is 65.8 Å². The molecule has 0 saturated heterocycles. The summed E-state index contributed by atoms with van der Waals surface area (Å²) >= 11 is 0. The van der Waals surface area contributed by atoms with Crippen LogP contribution in [0.1, 0.15) is 5.69 Å². The maximum atomic E-state index is 14.9. The maximum Gasteiger partial charge on any atom is 0.230 e. The van der Waals surface area contributed by atoms with Gasteiger partial charge in [-0.15, -0.1) is 0 Å². The van der Waals surface area contributed by atoms with E-state index < -0.39 is 5.82 Å². The number of pyridine rings is 1. The van der Waals surface area contributed by atoms with E-state index in [-0.39, 0.29) is 0 Å². The first-order valence-electron chi connectivity index (χ1n) is 8.29. The average Bonchev–Trinajstić information content (AvgIpc) is 3.32. The van der Waals surface area contributed by atoms with Gasteiger partial charge in [-0.05, 0) is 31.2 Å². The van der Waals surface area contributed by atoms with Crippen molar-refractivity contribution in [2.45, 2.75) is 6.92 Å². The minimum Gasteiger partial charge on any atom is -0.464 e. The molecule has 7 heteroatoms. The molecule has 27 heavy (non-hydrogen) atoms. The first kappa shape index (κ1) is 15.5. The summed E-state index contributed by atoms with van der Waals surface area (Å²) < 4.78 is 27.9. The number of aromatic nitrogens is 4. The third kappa shape index (κ3) is 2.52. The molecule has 0 radical (unpaired) electrons. The van der Waals surface area contributed by atoms with Crippen LogP contribution in [0.2, 0.25) is 0 Å². The Morgan fingerprint density at radius 2 is 2.00 bits per heavy atom. The predicted molar refractivity (Wildman–Crippen MR) is 97.2 cm³/mol. The molecule has 4 aromatic heterocycles. The molecule has 4 heterocycles. The number of nitrogens with zero attached hydrogens (tertiary/aromatic N) is 4. The molecule has 0 aliphatic carbocycles. The molecule has 0 aliphatic rings. The van der Waals surface area contributed by atoms with Crippen molar-refractivity contribution in [2.24, 2.45) is 0 Å². The van der Waals surface area contributed by atoms with Crippen molar-refractivity contribution in [1.82, 2.24) is 19.4 Å². The topological polar surface area (TPSA) is 65.5 Å². The maximum absolute atomic E-state index is 14.9. The zero-order chi connectivity index (χ0) is 18.4. The minimum atomic E-state index is -0.419. The third-order valence-corrected chi connectivity index (χ3v) is 4.38. The van der Waals surface area contributed by atoms with Crippen LogP contribution in [0.25, 0.3) is 27.9 Å². The summed E-state index contributed by atoms with van der Waals surface area (Å²) in [5.41, 5.74) is 3.10. The van der Waals surface area contributed by atoms with Crippen molar-refractivity contribution in [3.8, 4) is 22.9 Å². The standard InChI is InChI=1S/C20H13FN4O2/c1-12-19(25-8-7-22-18(25)11-24-12)14-3-2-13(10-16(14)21)27-20-15-5-9-26-17(15)4-6-23-20/h2-11H,1H3. The number of furan rings is 1. The number of rotatable bonds is 3. The predicted octanol–water partition coefficient (Wildman–Crippen LogP) is 4.78. The highest BCUT2D eigenvalue weighted by molar-refractivity contribution is 5.82. The first-order valence-corrected chi connectivity index (χ1v) is 8.29. The van der Waals surface area contributed by atoms with Gasteiger partial charge in [0.1, 0.15) is 17.1 Å². The third-order valence-electron chi connectivity index (χ3n) is 4.38. The molecule has 0 saturated carbocycles. The summed E-state index contributed by atoms with van der Waals surface area (Å²) in [6.45, 7) is 1.84. The van der Waals surface area contributed by atoms with E-state index in [1.807, 2.05) is 11.3 Å². The lowest BCUT2D eigenvalue weighted by molar-refractivity contribution is 0.464. The lowest BCUT2D eigenvalue weighted by Crippen LogP contribution is -1.99. The lowest BCUT2D eigenvalue weighted by atomic mass is 10.1. The Morgan fingerprint density at radius 1 is 1.07 bits per heavy atom. The summed E-state index contributed by atoms with van der Waals surface area (Å²) in [5.74, 6) is 0.293. The lowest BCUT2D eigenvalue weighted by Gasteiger charge is -2.11. The average molecular weight is 360 g/mol. The normalized spacial score (nSPS) is 11.3. The highest BCUT2D eigenvalue weighted by atomic mass is 19.1. The zero-order valence-corrected chi connectivity index (χ0v) is 14.3. The molecular weight excluding hydrogens is 347 g/mol. The molecule has 0 fully saturated rings. The van der Waals surface area contributed by atoms with Gasteiger partial charge in [0.05, 0.1) is 29.2 Å². The molecular formula is C20H13FN4O2. The molecule has 0 amide bonds. The molecule has 0 N–H and O–H groups in total. The zero-order valence-electron chi connectivity index (χ0n) is 14.3. The van der Waals surface area contributed by atoms with Crippen LogP contribution < -0.4 is 4.74 Å². The Balaban J connectivity index is 1.57. The monoisotopic (exact) mass is 360 g/mol. The van der Waals surface area contributed by atoms with Crippen molar-refractivity contribution in [2.75, 3.05) is 0 Å². The SMILES string of the molecule is Cc1ncc2nccn2c1-c1ccc(Oc2nccc3occc23)cc1F. The smallest absolute Gasteiger partial charge is 0.230 e. The number of hydrogen-bond donors (Lipinski definition) is 0.